The molecule has 0 aliphatic heterocycles. The van der Waals surface area contributed by atoms with Crippen molar-refractivity contribution in [3.05, 3.63) is 53.3 Å². The Balaban J connectivity index is 1.71. The highest BCUT2D eigenvalue weighted by molar-refractivity contribution is 6.30. The average molecular weight is 288 g/mol. The first-order chi connectivity index (χ1) is 9.70. The topological polar surface area (TPSA) is 54.0 Å². The molecule has 0 spiro atoms. The van der Waals surface area contributed by atoms with Crippen LogP contribution in [-0.4, -0.2) is 16.9 Å². The molecular formula is C15H14ClN3O. The van der Waals surface area contributed by atoms with E-state index in [-0.39, 0.29) is 5.91 Å². The Morgan fingerprint density at radius 2 is 1.90 bits per heavy atom. The third-order valence-electron chi connectivity index (χ3n) is 3.05. The van der Waals surface area contributed by atoms with Gasteiger partial charge in [-0.15, -0.1) is 0 Å². The molecule has 1 aromatic carbocycles. The molecule has 0 unspecified atom stereocenters. The Bertz CT molecular complexity index is 623. The molecule has 2 N–H and O–H groups in total. The number of benzene rings is 1. The molecule has 1 aromatic heterocycles. The van der Waals surface area contributed by atoms with E-state index in [1.54, 1.807) is 36.7 Å². The molecule has 3 rings (SSSR count). The summed E-state index contributed by atoms with van der Waals surface area (Å²) in [5.74, 6) is -0.181. The first kappa shape index (κ1) is 12.9. The van der Waals surface area contributed by atoms with Gasteiger partial charge < -0.3 is 10.6 Å². The van der Waals surface area contributed by atoms with Crippen molar-refractivity contribution in [1.82, 2.24) is 4.98 Å². The second-order valence-electron chi connectivity index (χ2n) is 4.84. The van der Waals surface area contributed by atoms with Gasteiger partial charge in [0.1, 0.15) is 0 Å². The summed E-state index contributed by atoms with van der Waals surface area (Å²) in [6.45, 7) is 0. The van der Waals surface area contributed by atoms with Crippen molar-refractivity contribution in [3.8, 4) is 0 Å². The molecule has 0 radical (unpaired) electrons. The summed E-state index contributed by atoms with van der Waals surface area (Å²) in [5, 5.41) is 6.78. The van der Waals surface area contributed by atoms with Crippen LogP contribution in [0.25, 0.3) is 0 Å². The van der Waals surface area contributed by atoms with Gasteiger partial charge in [-0.3, -0.25) is 9.78 Å². The van der Waals surface area contributed by atoms with Gasteiger partial charge in [0.05, 0.1) is 11.3 Å². The normalized spacial score (nSPS) is 13.8. The average Bonchev–Trinajstić information content (AvgIpc) is 3.25. The van der Waals surface area contributed by atoms with Crippen LogP contribution >= 0.6 is 11.6 Å². The van der Waals surface area contributed by atoms with Crippen LogP contribution in [0.5, 0.6) is 0 Å². The number of amides is 1. The van der Waals surface area contributed by atoms with E-state index in [1.807, 2.05) is 6.07 Å². The second-order valence-corrected chi connectivity index (χ2v) is 5.28. The minimum atomic E-state index is -0.181. The van der Waals surface area contributed by atoms with Crippen molar-refractivity contribution >= 4 is 28.9 Å². The van der Waals surface area contributed by atoms with Crippen molar-refractivity contribution < 1.29 is 4.79 Å². The van der Waals surface area contributed by atoms with Gasteiger partial charge in [-0.05, 0) is 43.2 Å². The number of anilines is 2. The number of carbonyl (C=O) groups excluding carboxylic acids is 1. The van der Waals surface area contributed by atoms with E-state index in [2.05, 4.69) is 15.6 Å². The monoisotopic (exact) mass is 287 g/mol. The van der Waals surface area contributed by atoms with E-state index < -0.39 is 0 Å². The van der Waals surface area contributed by atoms with Gasteiger partial charge in [-0.2, -0.15) is 0 Å². The standard InChI is InChI=1S/C15H14ClN3O/c16-11-1-3-13(4-2-11)19-15(20)10-7-14(9-17-8-10)18-12-5-6-12/h1-4,7-9,12,18H,5-6H2,(H,19,20). The summed E-state index contributed by atoms with van der Waals surface area (Å²) >= 11 is 5.81. The van der Waals surface area contributed by atoms with E-state index in [0.29, 0.717) is 22.3 Å². The highest BCUT2D eigenvalue weighted by Crippen LogP contribution is 2.24. The summed E-state index contributed by atoms with van der Waals surface area (Å²) in [6.07, 6.45) is 5.66. The summed E-state index contributed by atoms with van der Waals surface area (Å²) in [6, 6.07) is 9.35. The Hall–Kier alpha value is -2.07. The molecule has 1 heterocycles. The van der Waals surface area contributed by atoms with Gasteiger partial charge >= 0.3 is 0 Å². The van der Waals surface area contributed by atoms with E-state index in [0.717, 1.165) is 5.69 Å². The lowest BCUT2D eigenvalue weighted by molar-refractivity contribution is 0.102. The van der Waals surface area contributed by atoms with E-state index in [9.17, 15) is 4.79 Å². The van der Waals surface area contributed by atoms with Crippen molar-refractivity contribution in [2.24, 2.45) is 0 Å². The molecule has 1 fully saturated rings. The highest BCUT2D eigenvalue weighted by Gasteiger charge is 2.21. The fourth-order valence-corrected chi connectivity index (χ4v) is 1.97. The Morgan fingerprint density at radius 3 is 2.60 bits per heavy atom. The van der Waals surface area contributed by atoms with Crippen molar-refractivity contribution in [2.45, 2.75) is 18.9 Å². The van der Waals surface area contributed by atoms with Gasteiger partial charge in [0.25, 0.3) is 5.91 Å². The lowest BCUT2D eigenvalue weighted by Gasteiger charge is -2.08. The summed E-state index contributed by atoms with van der Waals surface area (Å²) < 4.78 is 0. The maximum Gasteiger partial charge on any atom is 0.257 e. The first-order valence-corrected chi connectivity index (χ1v) is 6.87. The molecule has 1 aliphatic carbocycles. The highest BCUT2D eigenvalue weighted by atomic mass is 35.5. The maximum absolute atomic E-state index is 12.1. The quantitative estimate of drug-likeness (QED) is 0.904. The van der Waals surface area contributed by atoms with Crippen LogP contribution < -0.4 is 10.6 Å². The molecule has 20 heavy (non-hydrogen) atoms. The lowest BCUT2D eigenvalue weighted by atomic mass is 10.2. The number of rotatable bonds is 4. The van der Waals surface area contributed by atoms with Gasteiger partial charge in [0.15, 0.2) is 0 Å². The molecule has 4 nitrogen and oxygen atoms in total. The fourth-order valence-electron chi connectivity index (χ4n) is 1.84. The second kappa shape index (κ2) is 5.51. The molecule has 1 aliphatic rings. The molecule has 5 heteroatoms. The smallest absolute Gasteiger partial charge is 0.257 e. The number of halogens is 1. The Labute approximate surface area is 122 Å². The molecule has 0 saturated heterocycles. The molecule has 102 valence electrons. The Kier molecular flexibility index (Phi) is 3.56. The molecule has 0 atom stereocenters. The minimum absolute atomic E-state index is 0.181. The number of hydrogen-bond donors (Lipinski definition) is 2. The number of nitrogens with zero attached hydrogens (tertiary/aromatic N) is 1. The van der Waals surface area contributed by atoms with Crippen LogP contribution in [0.1, 0.15) is 23.2 Å². The van der Waals surface area contributed by atoms with Crippen LogP contribution in [-0.2, 0) is 0 Å². The van der Waals surface area contributed by atoms with E-state index in [1.165, 1.54) is 12.8 Å². The maximum atomic E-state index is 12.1. The number of hydrogen-bond acceptors (Lipinski definition) is 3. The van der Waals surface area contributed by atoms with Crippen LogP contribution in [0, 0.1) is 0 Å². The van der Waals surface area contributed by atoms with Crippen molar-refractivity contribution in [1.29, 1.82) is 0 Å². The minimum Gasteiger partial charge on any atom is -0.381 e. The van der Waals surface area contributed by atoms with E-state index in [4.69, 9.17) is 11.6 Å². The predicted molar refractivity (Wildman–Crippen MR) is 80.3 cm³/mol. The van der Waals surface area contributed by atoms with Gasteiger partial charge in [0.2, 0.25) is 0 Å². The van der Waals surface area contributed by atoms with Gasteiger partial charge in [-0.25, -0.2) is 0 Å². The number of aromatic nitrogens is 1. The summed E-state index contributed by atoms with van der Waals surface area (Å²) in [7, 11) is 0. The lowest BCUT2D eigenvalue weighted by Crippen LogP contribution is -2.13. The molecule has 1 saturated carbocycles. The number of nitrogens with one attached hydrogen (secondary N) is 2. The van der Waals surface area contributed by atoms with Crippen LogP contribution in [0.4, 0.5) is 11.4 Å². The zero-order chi connectivity index (χ0) is 13.9. The number of pyridine rings is 1. The molecule has 2 aromatic rings. The summed E-state index contributed by atoms with van der Waals surface area (Å²) in [4.78, 5) is 16.2. The first-order valence-electron chi connectivity index (χ1n) is 6.49. The third kappa shape index (κ3) is 3.27. The predicted octanol–water partition coefficient (Wildman–Crippen LogP) is 3.56. The zero-order valence-electron chi connectivity index (χ0n) is 10.8. The van der Waals surface area contributed by atoms with Crippen molar-refractivity contribution in [2.75, 3.05) is 10.6 Å². The molecule has 1 amide bonds. The number of carbonyl (C=O) groups is 1. The van der Waals surface area contributed by atoms with Crippen LogP contribution in [0.15, 0.2) is 42.7 Å². The van der Waals surface area contributed by atoms with Crippen molar-refractivity contribution in [3.63, 3.8) is 0 Å². The van der Waals surface area contributed by atoms with Crippen LogP contribution in [0.3, 0.4) is 0 Å². The Morgan fingerprint density at radius 1 is 1.15 bits per heavy atom. The zero-order valence-corrected chi connectivity index (χ0v) is 11.5. The molecule has 0 bridgehead atoms. The summed E-state index contributed by atoms with van der Waals surface area (Å²) in [5.41, 5.74) is 2.13. The third-order valence-corrected chi connectivity index (χ3v) is 3.30. The van der Waals surface area contributed by atoms with Crippen LogP contribution in [0.2, 0.25) is 5.02 Å². The van der Waals surface area contributed by atoms with Gasteiger partial charge in [-0.1, -0.05) is 11.6 Å². The molecular weight excluding hydrogens is 274 g/mol. The SMILES string of the molecule is O=C(Nc1ccc(Cl)cc1)c1cncc(NC2CC2)c1. The van der Waals surface area contributed by atoms with Gasteiger partial charge in [0, 0.05) is 29.1 Å². The van der Waals surface area contributed by atoms with E-state index >= 15 is 0 Å². The largest absolute Gasteiger partial charge is 0.381 e. The fraction of sp³-hybridized carbons (Fsp3) is 0.200.